The molecule has 4 aromatic rings. The molecule has 0 aliphatic rings. The van der Waals surface area contributed by atoms with Crippen molar-refractivity contribution in [1.82, 2.24) is 9.97 Å². The van der Waals surface area contributed by atoms with E-state index in [2.05, 4.69) is 20.5 Å². The van der Waals surface area contributed by atoms with Gasteiger partial charge in [-0.05, 0) is 36.8 Å². The topological polar surface area (TPSA) is 106 Å². The van der Waals surface area contributed by atoms with Gasteiger partial charge in [0.2, 0.25) is 5.95 Å². The minimum atomic E-state index is -1.34. The molecule has 0 spiro atoms. The number of benzene rings is 2. The number of aromatic carboxylic acids is 1. The van der Waals surface area contributed by atoms with Crippen LogP contribution >= 0.6 is 0 Å². The van der Waals surface area contributed by atoms with Crippen molar-refractivity contribution in [3.8, 4) is 11.3 Å². The highest BCUT2D eigenvalue weighted by atomic mass is 16.4. The Labute approximate surface area is 154 Å². The van der Waals surface area contributed by atoms with Crippen LogP contribution in [0.5, 0.6) is 0 Å². The fraction of sp³-hybridized carbons (Fsp3) is 0.0500. The predicted molar refractivity (Wildman–Crippen MR) is 100 cm³/mol. The van der Waals surface area contributed by atoms with Crippen LogP contribution in [-0.4, -0.2) is 21.6 Å². The number of aromatic nitrogens is 2. The first-order valence-electron chi connectivity index (χ1n) is 8.27. The minimum Gasteiger partial charge on any atom is -0.542 e. The lowest BCUT2D eigenvalue weighted by molar-refractivity contribution is -0.257. The molecule has 0 saturated carbocycles. The number of para-hydroxylation sites is 2. The summed E-state index contributed by atoms with van der Waals surface area (Å²) in [6.45, 7) is 1.88. The maximum Gasteiger partial charge on any atom is 0.222 e. The summed E-state index contributed by atoms with van der Waals surface area (Å²) in [6, 6.07) is 18.2. The Morgan fingerprint density at radius 1 is 1.11 bits per heavy atom. The smallest absolute Gasteiger partial charge is 0.222 e. The van der Waals surface area contributed by atoms with Gasteiger partial charge in [0, 0.05) is 5.56 Å². The average Bonchev–Trinajstić information content (AvgIpc) is 3.33. The van der Waals surface area contributed by atoms with Crippen molar-refractivity contribution in [3.05, 3.63) is 72.0 Å². The van der Waals surface area contributed by atoms with Gasteiger partial charge < -0.3 is 19.3 Å². The summed E-state index contributed by atoms with van der Waals surface area (Å²) in [7, 11) is 0. The molecule has 0 unspecified atom stereocenters. The molecular weight excluding hydrogens is 344 g/mol. The molecule has 0 atom stereocenters. The number of carbonyl (C=O) groups excluding carboxylic acids is 1. The molecular formula is C20H15N4O3-. The van der Waals surface area contributed by atoms with Crippen molar-refractivity contribution in [1.29, 1.82) is 0 Å². The minimum absolute atomic E-state index is 0.193. The molecule has 2 heterocycles. The maximum absolute atomic E-state index is 10.8. The van der Waals surface area contributed by atoms with Crippen LogP contribution in [0.15, 0.2) is 70.2 Å². The summed E-state index contributed by atoms with van der Waals surface area (Å²) in [6.07, 6.45) is 0. The number of fused-ring (bicyclic) bond motifs is 1. The van der Waals surface area contributed by atoms with Gasteiger partial charge in [-0.3, -0.25) is 0 Å². The Kier molecular flexibility index (Phi) is 4.18. The van der Waals surface area contributed by atoms with Crippen molar-refractivity contribution < 1.29 is 14.3 Å². The monoisotopic (exact) mass is 359 g/mol. The van der Waals surface area contributed by atoms with E-state index in [0.29, 0.717) is 11.7 Å². The van der Waals surface area contributed by atoms with Gasteiger partial charge in [-0.2, -0.15) is 5.10 Å². The van der Waals surface area contributed by atoms with Crippen molar-refractivity contribution in [3.63, 3.8) is 0 Å². The van der Waals surface area contributed by atoms with E-state index in [9.17, 15) is 9.90 Å². The molecule has 2 aromatic carbocycles. The number of carbonyl (C=O) groups is 1. The quantitative estimate of drug-likeness (QED) is 0.421. The molecule has 4 rings (SSSR count). The van der Waals surface area contributed by atoms with E-state index in [4.69, 9.17) is 4.42 Å². The van der Waals surface area contributed by atoms with Crippen LogP contribution in [0.1, 0.15) is 23.0 Å². The molecule has 7 nitrogen and oxygen atoms in total. The number of hydrogen-bond acceptors (Lipinski definition) is 6. The number of anilines is 1. The van der Waals surface area contributed by atoms with Crippen molar-refractivity contribution >= 4 is 28.7 Å². The largest absolute Gasteiger partial charge is 0.542 e. The summed E-state index contributed by atoms with van der Waals surface area (Å²) < 4.78 is 5.25. The second-order valence-electron chi connectivity index (χ2n) is 5.94. The Bertz CT molecular complexity index is 1110. The summed E-state index contributed by atoms with van der Waals surface area (Å²) in [5, 5.41) is 15.2. The van der Waals surface area contributed by atoms with Crippen LogP contribution in [0.25, 0.3) is 22.4 Å². The second kappa shape index (κ2) is 6.80. The zero-order chi connectivity index (χ0) is 18.8. The number of carboxylic acid groups (broad SMARTS) is 1. The van der Waals surface area contributed by atoms with E-state index in [1.165, 1.54) is 6.07 Å². The summed E-state index contributed by atoms with van der Waals surface area (Å²) in [4.78, 5) is 18.4. The molecule has 0 bridgehead atoms. The highest BCUT2D eigenvalue weighted by molar-refractivity contribution is 5.99. The van der Waals surface area contributed by atoms with E-state index in [0.717, 1.165) is 27.9 Å². The van der Waals surface area contributed by atoms with Crippen LogP contribution in [0, 0.1) is 0 Å². The lowest BCUT2D eigenvalue weighted by Crippen LogP contribution is -2.21. The van der Waals surface area contributed by atoms with Crippen LogP contribution < -0.4 is 10.5 Å². The number of H-pyrrole nitrogens is 1. The van der Waals surface area contributed by atoms with E-state index in [1.807, 2.05) is 55.5 Å². The number of nitrogens with zero attached hydrogens (tertiary/aromatic N) is 2. The summed E-state index contributed by atoms with van der Waals surface area (Å²) in [5.41, 5.74) is 7.18. The van der Waals surface area contributed by atoms with Gasteiger partial charge in [0.15, 0.2) is 0 Å². The fourth-order valence-electron chi connectivity index (χ4n) is 2.69. The third kappa shape index (κ3) is 3.43. The summed E-state index contributed by atoms with van der Waals surface area (Å²) in [5.74, 6) is -0.493. The number of hydrogen-bond donors (Lipinski definition) is 2. The van der Waals surface area contributed by atoms with Gasteiger partial charge in [0.25, 0.3) is 0 Å². The molecule has 0 radical (unpaired) electrons. The third-order valence-electron chi connectivity index (χ3n) is 4.11. The first-order valence-corrected chi connectivity index (χ1v) is 8.27. The first kappa shape index (κ1) is 16.6. The fourth-order valence-corrected chi connectivity index (χ4v) is 2.69. The molecule has 7 heteroatoms. The van der Waals surface area contributed by atoms with E-state index in [1.54, 1.807) is 6.07 Å². The normalized spacial score (nSPS) is 11.7. The van der Waals surface area contributed by atoms with Gasteiger partial charge in [-0.25, -0.2) is 10.4 Å². The van der Waals surface area contributed by atoms with Crippen LogP contribution in [-0.2, 0) is 0 Å². The number of hydrazone groups is 1. The lowest BCUT2D eigenvalue weighted by Gasteiger charge is -2.03. The zero-order valence-electron chi connectivity index (χ0n) is 14.4. The number of imidazole rings is 1. The molecule has 134 valence electrons. The van der Waals surface area contributed by atoms with Crippen LogP contribution in [0.3, 0.4) is 0 Å². The van der Waals surface area contributed by atoms with Crippen LogP contribution in [0.4, 0.5) is 5.95 Å². The molecule has 2 aromatic heterocycles. The molecule has 27 heavy (non-hydrogen) atoms. The van der Waals surface area contributed by atoms with E-state index < -0.39 is 5.97 Å². The van der Waals surface area contributed by atoms with Crippen molar-refractivity contribution in [2.45, 2.75) is 6.92 Å². The molecule has 0 amide bonds. The Morgan fingerprint density at radius 2 is 1.89 bits per heavy atom. The molecule has 0 fully saturated rings. The summed E-state index contributed by atoms with van der Waals surface area (Å²) >= 11 is 0. The third-order valence-corrected chi connectivity index (χ3v) is 4.11. The molecule has 0 saturated heterocycles. The standard InChI is InChI=1S/C20H16N4O3/c1-12(23-24-20-21-15-4-2-3-5-16(15)22-20)13-6-8-14(9-7-13)17-10-11-18(27-17)19(25)26/h2-11H,1H3,(H,25,26)(H2,21,22,24)/p-1/b23-12-. The molecule has 2 N–H and O–H groups in total. The average molecular weight is 359 g/mol. The number of rotatable bonds is 5. The lowest BCUT2D eigenvalue weighted by atomic mass is 10.1. The second-order valence-corrected chi connectivity index (χ2v) is 5.94. The van der Waals surface area contributed by atoms with Crippen LogP contribution in [0.2, 0.25) is 0 Å². The van der Waals surface area contributed by atoms with Gasteiger partial charge in [0.1, 0.15) is 17.5 Å². The molecule has 0 aliphatic carbocycles. The Hall–Kier alpha value is -3.87. The van der Waals surface area contributed by atoms with Gasteiger partial charge >= 0.3 is 0 Å². The maximum atomic E-state index is 10.8. The van der Waals surface area contributed by atoms with Gasteiger partial charge in [-0.1, -0.05) is 36.4 Å². The predicted octanol–water partition coefficient (Wildman–Crippen LogP) is 3.02. The number of carboxylic acids is 1. The highest BCUT2D eigenvalue weighted by Gasteiger charge is 2.07. The SMILES string of the molecule is C/C(=N/Nc1nc2ccccc2[nH]1)c1ccc(-c2ccc(C(=O)[O-])o2)cc1. The number of nitrogens with one attached hydrogen (secondary N) is 2. The van der Waals surface area contributed by atoms with Crippen molar-refractivity contribution in [2.75, 3.05) is 5.43 Å². The van der Waals surface area contributed by atoms with Gasteiger partial charge in [0.05, 0.1) is 16.7 Å². The Balaban J connectivity index is 1.50. The highest BCUT2D eigenvalue weighted by Crippen LogP contribution is 2.22. The van der Waals surface area contributed by atoms with Gasteiger partial charge in [-0.15, -0.1) is 0 Å². The molecule has 0 aliphatic heterocycles. The Morgan fingerprint density at radius 3 is 2.59 bits per heavy atom. The zero-order valence-corrected chi connectivity index (χ0v) is 14.4. The number of furan rings is 1. The van der Waals surface area contributed by atoms with E-state index >= 15 is 0 Å². The first-order chi connectivity index (χ1) is 13.1. The van der Waals surface area contributed by atoms with Crippen molar-refractivity contribution in [2.24, 2.45) is 5.10 Å². The number of aromatic amines is 1. The van der Waals surface area contributed by atoms with E-state index in [-0.39, 0.29) is 5.76 Å².